The zero-order chi connectivity index (χ0) is 16.3. The van der Waals surface area contributed by atoms with Crippen molar-refractivity contribution in [3.8, 4) is 11.5 Å². The van der Waals surface area contributed by atoms with Crippen LogP contribution in [0.2, 0.25) is 0 Å². The van der Waals surface area contributed by atoms with Crippen molar-refractivity contribution in [2.75, 3.05) is 19.5 Å². The third-order valence-corrected chi connectivity index (χ3v) is 4.24. The number of hydrogen-bond acceptors (Lipinski definition) is 3. The van der Waals surface area contributed by atoms with Crippen LogP contribution in [0.1, 0.15) is 21.5 Å². The Balaban J connectivity index is 2.33. The largest absolute Gasteiger partial charge is 0.493 e. The molecular formula is C17H18INO3. The fourth-order valence-electron chi connectivity index (χ4n) is 2.17. The lowest BCUT2D eigenvalue weighted by Gasteiger charge is -2.13. The highest BCUT2D eigenvalue weighted by Crippen LogP contribution is 2.31. The van der Waals surface area contributed by atoms with Crippen LogP contribution >= 0.6 is 22.6 Å². The van der Waals surface area contributed by atoms with E-state index in [0.29, 0.717) is 17.1 Å². The van der Waals surface area contributed by atoms with Gasteiger partial charge in [-0.2, -0.15) is 0 Å². The van der Waals surface area contributed by atoms with Gasteiger partial charge >= 0.3 is 0 Å². The van der Waals surface area contributed by atoms with Gasteiger partial charge in [-0.15, -0.1) is 0 Å². The van der Waals surface area contributed by atoms with Gasteiger partial charge in [0, 0.05) is 9.26 Å². The van der Waals surface area contributed by atoms with Crippen LogP contribution in [0.3, 0.4) is 0 Å². The molecular weight excluding hydrogens is 393 g/mol. The van der Waals surface area contributed by atoms with E-state index in [1.54, 1.807) is 26.4 Å². The SMILES string of the molecule is COc1cc(I)c(C(=O)Nc2ccc(C)cc2C)cc1OC. The van der Waals surface area contributed by atoms with Gasteiger partial charge in [-0.3, -0.25) is 4.79 Å². The first-order valence-corrected chi connectivity index (χ1v) is 7.84. The third-order valence-electron chi connectivity index (χ3n) is 3.35. The molecule has 1 N–H and O–H groups in total. The lowest BCUT2D eigenvalue weighted by atomic mass is 10.1. The number of aryl methyl sites for hydroxylation is 2. The number of ether oxygens (including phenoxy) is 2. The average Bonchev–Trinajstić information content (AvgIpc) is 2.49. The molecule has 1 amide bonds. The molecule has 0 aliphatic heterocycles. The van der Waals surface area contributed by atoms with Crippen LogP contribution < -0.4 is 14.8 Å². The topological polar surface area (TPSA) is 47.6 Å². The Bertz CT molecular complexity index is 713. The molecule has 0 aromatic heterocycles. The van der Waals surface area contributed by atoms with Crippen molar-refractivity contribution in [3.05, 3.63) is 50.6 Å². The van der Waals surface area contributed by atoms with Crippen LogP contribution in [0.15, 0.2) is 30.3 Å². The highest BCUT2D eigenvalue weighted by molar-refractivity contribution is 14.1. The van der Waals surface area contributed by atoms with Crippen LogP contribution in [0.25, 0.3) is 0 Å². The maximum Gasteiger partial charge on any atom is 0.256 e. The summed E-state index contributed by atoms with van der Waals surface area (Å²) in [4.78, 5) is 12.5. The molecule has 0 aliphatic carbocycles. The van der Waals surface area contributed by atoms with Crippen molar-refractivity contribution < 1.29 is 14.3 Å². The van der Waals surface area contributed by atoms with Gasteiger partial charge in [-0.1, -0.05) is 17.7 Å². The predicted molar refractivity (Wildman–Crippen MR) is 96.1 cm³/mol. The summed E-state index contributed by atoms with van der Waals surface area (Å²) in [7, 11) is 3.12. The molecule has 4 nitrogen and oxygen atoms in total. The third kappa shape index (κ3) is 3.52. The number of anilines is 1. The molecule has 0 fully saturated rings. The molecule has 2 aromatic rings. The highest BCUT2D eigenvalue weighted by atomic mass is 127. The number of methoxy groups -OCH3 is 2. The number of halogens is 1. The number of amides is 1. The van der Waals surface area contributed by atoms with Gasteiger partial charge in [0.15, 0.2) is 11.5 Å². The van der Waals surface area contributed by atoms with Crippen molar-refractivity contribution >= 4 is 34.2 Å². The van der Waals surface area contributed by atoms with Crippen LogP contribution in [0.5, 0.6) is 11.5 Å². The summed E-state index contributed by atoms with van der Waals surface area (Å²) in [5.41, 5.74) is 3.56. The fraction of sp³-hybridized carbons (Fsp3) is 0.235. The van der Waals surface area contributed by atoms with E-state index >= 15 is 0 Å². The number of hydrogen-bond donors (Lipinski definition) is 1. The number of carbonyl (C=O) groups is 1. The lowest BCUT2D eigenvalue weighted by molar-refractivity contribution is 0.102. The summed E-state index contributed by atoms with van der Waals surface area (Å²) >= 11 is 2.12. The summed E-state index contributed by atoms with van der Waals surface area (Å²) in [6.45, 7) is 4.00. The molecule has 0 saturated heterocycles. The molecule has 0 aliphatic rings. The normalized spacial score (nSPS) is 10.2. The van der Waals surface area contributed by atoms with Gasteiger partial charge in [-0.05, 0) is 60.2 Å². The van der Waals surface area contributed by atoms with Gasteiger partial charge in [-0.25, -0.2) is 0 Å². The Morgan fingerprint density at radius 1 is 1.05 bits per heavy atom. The van der Waals surface area contributed by atoms with Gasteiger partial charge in [0.2, 0.25) is 0 Å². The lowest BCUT2D eigenvalue weighted by Crippen LogP contribution is -2.14. The highest BCUT2D eigenvalue weighted by Gasteiger charge is 2.16. The van der Waals surface area contributed by atoms with Crippen LogP contribution in [0.4, 0.5) is 5.69 Å². The first-order valence-electron chi connectivity index (χ1n) is 6.76. The van der Waals surface area contributed by atoms with Gasteiger partial charge in [0.25, 0.3) is 5.91 Å². The van der Waals surface area contributed by atoms with Crippen molar-refractivity contribution in [1.82, 2.24) is 0 Å². The summed E-state index contributed by atoms with van der Waals surface area (Å²) in [6.07, 6.45) is 0. The molecule has 0 bridgehead atoms. The van der Waals surface area contributed by atoms with E-state index in [1.807, 2.05) is 32.0 Å². The van der Waals surface area contributed by atoms with Crippen molar-refractivity contribution in [2.45, 2.75) is 13.8 Å². The quantitative estimate of drug-likeness (QED) is 0.769. The number of carbonyl (C=O) groups excluding carboxylic acids is 1. The summed E-state index contributed by atoms with van der Waals surface area (Å²) in [6, 6.07) is 9.41. The second-order valence-corrected chi connectivity index (χ2v) is 6.12. The number of nitrogens with one attached hydrogen (secondary N) is 1. The Morgan fingerprint density at radius 2 is 1.68 bits per heavy atom. The average molecular weight is 411 g/mol. The standard InChI is InChI=1S/C17H18INO3/c1-10-5-6-14(11(2)7-10)19-17(20)12-8-15(21-3)16(22-4)9-13(12)18/h5-9H,1-4H3,(H,19,20). The number of rotatable bonds is 4. The Morgan fingerprint density at radius 3 is 2.27 bits per heavy atom. The number of benzene rings is 2. The predicted octanol–water partition coefficient (Wildman–Crippen LogP) is 4.18. The van der Waals surface area contributed by atoms with E-state index in [-0.39, 0.29) is 5.91 Å². The van der Waals surface area contributed by atoms with Crippen molar-refractivity contribution in [2.24, 2.45) is 0 Å². The molecule has 22 heavy (non-hydrogen) atoms. The Hall–Kier alpha value is -1.76. The molecule has 0 radical (unpaired) electrons. The molecule has 0 heterocycles. The zero-order valence-corrected chi connectivity index (χ0v) is 15.1. The van der Waals surface area contributed by atoms with Crippen molar-refractivity contribution in [3.63, 3.8) is 0 Å². The molecule has 0 atom stereocenters. The summed E-state index contributed by atoms with van der Waals surface area (Å²) < 4.78 is 11.3. The van der Waals surface area contributed by atoms with Gasteiger partial charge in [0.05, 0.1) is 19.8 Å². The molecule has 116 valence electrons. The van der Waals surface area contributed by atoms with Gasteiger partial charge in [0.1, 0.15) is 0 Å². The van der Waals surface area contributed by atoms with Crippen molar-refractivity contribution in [1.29, 1.82) is 0 Å². The maximum absolute atomic E-state index is 12.5. The molecule has 2 rings (SSSR count). The van der Waals surface area contributed by atoms with Crippen LogP contribution in [-0.2, 0) is 0 Å². The molecule has 2 aromatic carbocycles. The summed E-state index contributed by atoms with van der Waals surface area (Å²) in [5, 5.41) is 2.94. The Labute approximate surface area is 144 Å². The van der Waals surface area contributed by atoms with Crippen LogP contribution in [0, 0.1) is 17.4 Å². The van der Waals surface area contributed by atoms with E-state index in [9.17, 15) is 4.79 Å². The maximum atomic E-state index is 12.5. The first kappa shape index (κ1) is 16.6. The van der Waals surface area contributed by atoms with Gasteiger partial charge < -0.3 is 14.8 Å². The minimum atomic E-state index is -0.169. The van der Waals surface area contributed by atoms with E-state index in [1.165, 1.54) is 0 Å². The molecule has 0 spiro atoms. The first-order chi connectivity index (χ1) is 10.5. The minimum Gasteiger partial charge on any atom is -0.493 e. The Kier molecular flexibility index (Phi) is 5.28. The van der Waals surface area contributed by atoms with E-state index in [0.717, 1.165) is 20.4 Å². The second kappa shape index (κ2) is 7.00. The zero-order valence-electron chi connectivity index (χ0n) is 13.0. The monoisotopic (exact) mass is 411 g/mol. The molecule has 5 heteroatoms. The minimum absolute atomic E-state index is 0.169. The van der Waals surface area contributed by atoms with Crippen LogP contribution in [-0.4, -0.2) is 20.1 Å². The van der Waals surface area contributed by atoms with E-state index in [2.05, 4.69) is 27.9 Å². The molecule has 0 unspecified atom stereocenters. The van der Waals surface area contributed by atoms with E-state index < -0.39 is 0 Å². The second-order valence-electron chi connectivity index (χ2n) is 4.96. The molecule has 0 saturated carbocycles. The summed E-state index contributed by atoms with van der Waals surface area (Å²) in [5.74, 6) is 0.973. The van der Waals surface area contributed by atoms with E-state index in [4.69, 9.17) is 9.47 Å². The smallest absolute Gasteiger partial charge is 0.256 e. The fourth-order valence-corrected chi connectivity index (χ4v) is 2.86.